The van der Waals surface area contributed by atoms with Crippen LogP contribution in [0.4, 0.5) is 16.2 Å². The van der Waals surface area contributed by atoms with Crippen molar-refractivity contribution in [3.05, 3.63) is 60.2 Å². The van der Waals surface area contributed by atoms with E-state index in [0.717, 1.165) is 23.4 Å². The van der Waals surface area contributed by atoms with Crippen molar-refractivity contribution in [2.75, 3.05) is 17.2 Å². The second-order valence-electron chi connectivity index (χ2n) is 5.95. The largest absolute Gasteiger partial charge is 0.324 e. The number of nitrogens with one attached hydrogen (secondary N) is 2. The lowest BCUT2D eigenvalue weighted by Gasteiger charge is -2.24. The molecule has 1 aliphatic rings. The van der Waals surface area contributed by atoms with Crippen molar-refractivity contribution >= 4 is 23.3 Å². The molecule has 0 unspecified atom stereocenters. The third-order valence-corrected chi connectivity index (χ3v) is 4.24. The molecule has 124 valence electrons. The van der Waals surface area contributed by atoms with E-state index in [1.807, 2.05) is 61.5 Å². The highest BCUT2D eigenvalue weighted by atomic mass is 16.2. The van der Waals surface area contributed by atoms with Gasteiger partial charge in [-0.2, -0.15) is 0 Å². The molecule has 3 amide bonds. The number of carbonyl (C=O) groups is 2. The summed E-state index contributed by atoms with van der Waals surface area (Å²) in [6, 6.07) is 16.2. The number of hydrogen-bond donors (Lipinski definition) is 2. The molecule has 2 aromatic rings. The predicted octanol–water partition coefficient (Wildman–Crippen LogP) is 3.63. The lowest BCUT2D eigenvalue weighted by atomic mass is 10.1. The Labute approximate surface area is 141 Å². The molecule has 0 spiro atoms. The standard InChI is InChI=1S/C19H21N3O2/c1-14-8-5-6-11-16(14)21-18(23)17-12-7-13-22(17)19(24)20-15-9-3-2-4-10-15/h2-6,8-11,17H,7,12-13H2,1H3,(H,20,24)(H,21,23)/t17-/m1/s1. The molecule has 0 aromatic heterocycles. The Hall–Kier alpha value is -2.82. The summed E-state index contributed by atoms with van der Waals surface area (Å²) in [5.74, 6) is -0.134. The van der Waals surface area contributed by atoms with Crippen molar-refractivity contribution in [3.8, 4) is 0 Å². The predicted molar refractivity (Wildman–Crippen MR) is 95.0 cm³/mol. The monoisotopic (exact) mass is 323 g/mol. The zero-order valence-electron chi connectivity index (χ0n) is 13.7. The van der Waals surface area contributed by atoms with E-state index in [4.69, 9.17) is 0 Å². The summed E-state index contributed by atoms with van der Waals surface area (Å²) in [6.45, 7) is 2.54. The normalized spacial score (nSPS) is 16.7. The van der Waals surface area contributed by atoms with Crippen molar-refractivity contribution in [2.45, 2.75) is 25.8 Å². The van der Waals surface area contributed by atoms with Gasteiger partial charge in [-0.25, -0.2) is 4.79 Å². The van der Waals surface area contributed by atoms with Crippen molar-refractivity contribution in [1.29, 1.82) is 0 Å². The first-order chi connectivity index (χ1) is 11.6. The second kappa shape index (κ2) is 7.17. The third-order valence-electron chi connectivity index (χ3n) is 4.24. The summed E-state index contributed by atoms with van der Waals surface area (Å²) in [5, 5.41) is 5.79. The van der Waals surface area contributed by atoms with Crippen LogP contribution in [-0.4, -0.2) is 29.4 Å². The average molecular weight is 323 g/mol. The molecule has 2 N–H and O–H groups in total. The van der Waals surface area contributed by atoms with Gasteiger partial charge in [0.2, 0.25) is 5.91 Å². The zero-order chi connectivity index (χ0) is 16.9. The van der Waals surface area contributed by atoms with Gasteiger partial charge in [0, 0.05) is 17.9 Å². The Morgan fingerprint density at radius 3 is 2.46 bits per heavy atom. The number of carbonyl (C=O) groups excluding carboxylic acids is 2. The van der Waals surface area contributed by atoms with E-state index in [1.165, 1.54) is 0 Å². The number of urea groups is 1. The highest BCUT2D eigenvalue weighted by Crippen LogP contribution is 2.22. The highest BCUT2D eigenvalue weighted by molar-refractivity contribution is 5.99. The molecule has 0 radical (unpaired) electrons. The van der Waals surface area contributed by atoms with Crippen LogP contribution in [0.15, 0.2) is 54.6 Å². The van der Waals surface area contributed by atoms with Gasteiger partial charge in [-0.3, -0.25) is 4.79 Å². The van der Waals surface area contributed by atoms with Crippen LogP contribution in [0.2, 0.25) is 0 Å². The van der Waals surface area contributed by atoms with Gasteiger partial charge in [0.25, 0.3) is 0 Å². The molecule has 24 heavy (non-hydrogen) atoms. The summed E-state index contributed by atoms with van der Waals surface area (Å²) >= 11 is 0. The molecule has 3 rings (SSSR count). The molecule has 1 heterocycles. The molecule has 5 nitrogen and oxygen atoms in total. The fraction of sp³-hybridized carbons (Fsp3) is 0.263. The number of para-hydroxylation sites is 2. The van der Waals surface area contributed by atoms with Gasteiger partial charge in [-0.15, -0.1) is 0 Å². The van der Waals surface area contributed by atoms with Gasteiger partial charge in [0.15, 0.2) is 0 Å². The van der Waals surface area contributed by atoms with E-state index in [2.05, 4.69) is 10.6 Å². The SMILES string of the molecule is Cc1ccccc1NC(=O)[C@H]1CCCN1C(=O)Nc1ccccc1. The summed E-state index contributed by atoms with van der Waals surface area (Å²) in [6.07, 6.45) is 1.51. The van der Waals surface area contributed by atoms with E-state index in [0.29, 0.717) is 13.0 Å². The Morgan fingerprint density at radius 2 is 1.71 bits per heavy atom. The van der Waals surface area contributed by atoms with E-state index >= 15 is 0 Å². The number of hydrogen-bond acceptors (Lipinski definition) is 2. The molecule has 2 aromatic carbocycles. The number of benzene rings is 2. The summed E-state index contributed by atoms with van der Waals surface area (Å²) < 4.78 is 0. The maximum atomic E-state index is 12.6. The molecular formula is C19H21N3O2. The Kier molecular flexibility index (Phi) is 4.79. The van der Waals surface area contributed by atoms with Gasteiger partial charge in [0.05, 0.1) is 0 Å². The Bertz CT molecular complexity index is 730. The fourth-order valence-electron chi connectivity index (χ4n) is 2.93. The molecular weight excluding hydrogens is 302 g/mol. The van der Waals surface area contributed by atoms with Crippen molar-refractivity contribution < 1.29 is 9.59 Å². The van der Waals surface area contributed by atoms with Crippen LogP contribution in [0.1, 0.15) is 18.4 Å². The smallest absolute Gasteiger partial charge is 0.322 e. The highest BCUT2D eigenvalue weighted by Gasteiger charge is 2.34. The van der Waals surface area contributed by atoms with E-state index in [1.54, 1.807) is 4.90 Å². The minimum Gasteiger partial charge on any atom is -0.324 e. The van der Waals surface area contributed by atoms with Crippen molar-refractivity contribution in [2.24, 2.45) is 0 Å². The second-order valence-corrected chi connectivity index (χ2v) is 5.95. The first-order valence-corrected chi connectivity index (χ1v) is 8.14. The molecule has 1 atom stereocenters. The number of amides is 3. The number of aryl methyl sites for hydroxylation is 1. The van der Waals surface area contributed by atoms with Gasteiger partial charge >= 0.3 is 6.03 Å². The van der Waals surface area contributed by atoms with E-state index < -0.39 is 6.04 Å². The van der Waals surface area contributed by atoms with Crippen LogP contribution in [-0.2, 0) is 4.79 Å². The van der Waals surface area contributed by atoms with Gasteiger partial charge in [-0.05, 0) is 43.5 Å². The number of rotatable bonds is 3. The maximum absolute atomic E-state index is 12.6. The molecule has 0 saturated carbocycles. The van der Waals surface area contributed by atoms with E-state index in [9.17, 15) is 9.59 Å². The average Bonchev–Trinajstić information content (AvgIpc) is 3.08. The van der Waals surface area contributed by atoms with Crippen LogP contribution < -0.4 is 10.6 Å². The molecule has 1 fully saturated rings. The number of likely N-dealkylation sites (tertiary alicyclic amines) is 1. The summed E-state index contributed by atoms with van der Waals surface area (Å²) in [5.41, 5.74) is 2.52. The summed E-state index contributed by atoms with van der Waals surface area (Å²) in [7, 11) is 0. The van der Waals surface area contributed by atoms with Gasteiger partial charge < -0.3 is 15.5 Å². The van der Waals surface area contributed by atoms with Crippen LogP contribution in [0, 0.1) is 6.92 Å². The Balaban J connectivity index is 1.67. The van der Waals surface area contributed by atoms with Crippen LogP contribution in [0.3, 0.4) is 0 Å². The minimum atomic E-state index is -0.437. The topological polar surface area (TPSA) is 61.4 Å². The van der Waals surface area contributed by atoms with Crippen molar-refractivity contribution in [1.82, 2.24) is 4.90 Å². The van der Waals surface area contributed by atoms with E-state index in [-0.39, 0.29) is 11.9 Å². The van der Waals surface area contributed by atoms with Gasteiger partial charge in [-0.1, -0.05) is 36.4 Å². The van der Waals surface area contributed by atoms with Crippen LogP contribution >= 0.6 is 0 Å². The summed E-state index contributed by atoms with van der Waals surface area (Å²) in [4.78, 5) is 26.7. The number of nitrogens with zero attached hydrogens (tertiary/aromatic N) is 1. The van der Waals surface area contributed by atoms with Gasteiger partial charge in [0.1, 0.15) is 6.04 Å². The minimum absolute atomic E-state index is 0.134. The molecule has 5 heteroatoms. The van der Waals surface area contributed by atoms with Crippen LogP contribution in [0.5, 0.6) is 0 Å². The van der Waals surface area contributed by atoms with Crippen molar-refractivity contribution in [3.63, 3.8) is 0 Å². The quantitative estimate of drug-likeness (QED) is 0.906. The van der Waals surface area contributed by atoms with Crippen LogP contribution in [0.25, 0.3) is 0 Å². The first kappa shape index (κ1) is 16.1. The third kappa shape index (κ3) is 3.56. The fourth-order valence-corrected chi connectivity index (χ4v) is 2.93. The molecule has 0 aliphatic carbocycles. The lowest BCUT2D eigenvalue weighted by molar-refractivity contribution is -0.119. The molecule has 1 saturated heterocycles. The zero-order valence-corrected chi connectivity index (χ0v) is 13.7. The first-order valence-electron chi connectivity index (χ1n) is 8.14. The maximum Gasteiger partial charge on any atom is 0.322 e. The molecule has 0 bridgehead atoms. The molecule has 1 aliphatic heterocycles. The Morgan fingerprint density at radius 1 is 1.00 bits per heavy atom. The number of anilines is 2. The lowest BCUT2D eigenvalue weighted by Crippen LogP contribution is -2.45.